The van der Waals surface area contributed by atoms with E-state index in [1.165, 1.54) is 24.3 Å². The highest BCUT2D eigenvalue weighted by atomic mass is 16.5. The molecule has 1 heterocycles. The molecule has 0 fully saturated rings. The van der Waals surface area contributed by atoms with E-state index in [1.807, 2.05) is 0 Å². The molecule has 0 unspecified atom stereocenters. The Morgan fingerprint density at radius 1 is 1.09 bits per heavy atom. The molecule has 116 valence electrons. The van der Waals surface area contributed by atoms with Crippen molar-refractivity contribution in [2.24, 2.45) is 0 Å². The summed E-state index contributed by atoms with van der Waals surface area (Å²) in [6, 6.07) is 11.3. The van der Waals surface area contributed by atoms with Gasteiger partial charge < -0.3 is 19.7 Å². The van der Waals surface area contributed by atoms with E-state index >= 15 is 0 Å². The Labute approximate surface area is 132 Å². The van der Waals surface area contributed by atoms with Crippen LogP contribution in [0.25, 0.3) is 11.8 Å². The SMILES string of the molecule is COc1ccc(C2=C/C(=C\c3ccc(O)cc3O)C(=O)O2)cc1. The normalized spacial score (nSPS) is 15.4. The van der Waals surface area contributed by atoms with Gasteiger partial charge in [-0.3, -0.25) is 0 Å². The van der Waals surface area contributed by atoms with Crippen molar-refractivity contribution < 1.29 is 24.5 Å². The van der Waals surface area contributed by atoms with Gasteiger partial charge in [0.15, 0.2) is 0 Å². The first kappa shape index (κ1) is 14.7. The third-order valence-electron chi connectivity index (χ3n) is 3.42. The van der Waals surface area contributed by atoms with Crippen LogP contribution < -0.4 is 4.74 Å². The van der Waals surface area contributed by atoms with Gasteiger partial charge in [-0.2, -0.15) is 0 Å². The minimum atomic E-state index is -0.497. The fraction of sp³-hybridized carbons (Fsp3) is 0.0556. The van der Waals surface area contributed by atoms with Gasteiger partial charge >= 0.3 is 5.97 Å². The van der Waals surface area contributed by atoms with Crippen molar-refractivity contribution in [3.63, 3.8) is 0 Å². The fourth-order valence-electron chi connectivity index (χ4n) is 2.21. The highest BCUT2D eigenvalue weighted by molar-refractivity contribution is 6.05. The first-order valence-corrected chi connectivity index (χ1v) is 6.89. The zero-order valence-electron chi connectivity index (χ0n) is 12.3. The van der Waals surface area contributed by atoms with Gasteiger partial charge in [0.2, 0.25) is 0 Å². The number of phenolic OH excluding ortho intramolecular Hbond substituents is 2. The molecule has 0 saturated carbocycles. The zero-order chi connectivity index (χ0) is 16.4. The summed E-state index contributed by atoms with van der Waals surface area (Å²) < 4.78 is 10.3. The number of phenols is 2. The Kier molecular flexibility index (Phi) is 3.76. The van der Waals surface area contributed by atoms with E-state index in [2.05, 4.69) is 0 Å². The molecule has 1 aliphatic heterocycles. The minimum absolute atomic E-state index is 0.0480. The molecule has 0 bridgehead atoms. The van der Waals surface area contributed by atoms with Gasteiger partial charge in [0, 0.05) is 17.2 Å². The van der Waals surface area contributed by atoms with Crippen molar-refractivity contribution in [3.8, 4) is 17.2 Å². The zero-order valence-corrected chi connectivity index (χ0v) is 12.3. The Morgan fingerprint density at radius 2 is 1.83 bits per heavy atom. The van der Waals surface area contributed by atoms with Gasteiger partial charge in [0.25, 0.3) is 0 Å². The number of aromatic hydroxyl groups is 2. The van der Waals surface area contributed by atoms with Crippen LogP contribution >= 0.6 is 0 Å². The van der Waals surface area contributed by atoms with Crippen LogP contribution in [0.1, 0.15) is 11.1 Å². The van der Waals surface area contributed by atoms with E-state index in [0.29, 0.717) is 22.6 Å². The summed E-state index contributed by atoms with van der Waals surface area (Å²) in [5, 5.41) is 19.1. The molecule has 3 rings (SSSR count). The molecule has 0 aliphatic carbocycles. The number of hydrogen-bond acceptors (Lipinski definition) is 5. The molecule has 1 aliphatic rings. The lowest BCUT2D eigenvalue weighted by Crippen LogP contribution is -1.97. The number of ether oxygens (including phenoxy) is 2. The maximum atomic E-state index is 12.0. The van der Waals surface area contributed by atoms with E-state index in [1.54, 1.807) is 37.5 Å². The molecule has 0 saturated heterocycles. The summed E-state index contributed by atoms with van der Waals surface area (Å²) in [7, 11) is 1.58. The van der Waals surface area contributed by atoms with Gasteiger partial charge in [-0.1, -0.05) is 0 Å². The third-order valence-corrected chi connectivity index (χ3v) is 3.42. The highest BCUT2D eigenvalue weighted by Gasteiger charge is 2.22. The van der Waals surface area contributed by atoms with Crippen LogP contribution in [-0.2, 0) is 9.53 Å². The second-order valence-electron chi connectivity index (χ2n) is 4.97. The van der Waals surface area contributed by atoms with Gasteiger partial charge in [-0.15, -0.1) is 0 Å². The molecule has 5 heteroatoms. The number of carbonyl (C=O) groups excluding carboxylic acids is 1. The van der Waals surface area contributed by atoms with Crippen LogP contribution in [0.4, 0.5) is 0 Å². The smallest absolute Gasteiger partial charge is 0.343 e. The van der Waals surface area contributed by atoms with Crippen molar-refractivity contribution in [1.82, 2.24) is 0 Å². The van der Waals surface area contributed by atoms with Gasteiger partial charge in [0.1, 0.15) is 23.0 Å². The molecular weight excluding hydrogens is 296 g/mol. The predicted molar refractivity (Wildman–Crippen MR) is 84.8 cm³/mol. The fourth-order valence-corrected chi connectivity index (χ4v) is 2.21. The number of hydrogen-bond donors (Lipinski definition) is 2. The molecule has 2 N–H and O–H groups in total. The number of methoxy groups -OCH3 is 1. The average Bonchev–Trinajstić information content (AvgIpc) is 2.91. The lowest BCUT2D eigenvalue weighted by molar-refractivity contribution is -0.130. The second-order valence-corrected chi connectivity index (χ2v) is 4.97. The van der Waals surface area contributed by atoms with E-state index in [-0.39, 0.29) is 11.5 Å². The molecule has 0 radical (unpaired) electrons. The summed E-state index contributed by atoms with van der Waals surface area (Å²) >= 11 is 0. The maximum Gasteiger partial charge on any atom is 0.343 e. The maximum absolute atomic E-state index is 12.0. The van der Waals surface area contributed by atoms with Crippen molar-refractivity contribution >= 4 is 17.8 Å². The van der Waals surface area contributed by atoms with E-state index < -0.39 is 5.97 Å². The first-order chi connectivity index (χ1) is 11.1. The van der Waals surface area contributed by atoms with Crippen molar-refractivity contribution in [3.05, 3.63) is 65.2 Å². The lowest BCUT2D eigenvalue weighted by atomic mass is 10.1. The van der Waals surface area contributed by atoms with E-state index in [0.717, 1.165) is 5.56 Å². The van der Waals surface area contributed by atoms with E-state index in [4.69, 9.17) is 9.47 Å². The molecule has 0 aromatic heterocycles. The standard InChI is InChI=1S/C18H14O5/c1-22-15-6-3-11(4-7-15)17-9-13(18(21)23-17)8-12-2-5-14(19)10-16(12)20/h2-10,19-20H,1H3/b13-8+. The van der Waals surface area contributed by atoms with Gasteiger partial charge in [-0.25, -0.2) is 4.79 Å². The van der Waals surface area contributed by atoms with Crippen LogP contribution in [-0.4, -0.2) is 23.3 Å². The van der Waals surface area contributed by atoms with Crippen LogP contribution in [0.2, 0.25) is 0 Å². The summed E-state index contributed by atoms with van der Waals surface area (Å²) in [5.74, 6) is 0.485. The number of esters is 1. The Hall–Kier alpha value is -3.21. The highest BCUT2D eigenvalue weighted by Crippen LogP contribution is 2.31. The number of benzene rings is 2. The quantitative estimate of drug-likeness (QED) is 0.673. The average molecular weight is 310 g/mol. The second kappa shape index (κ2) is 5.88. The lowest BCUT2D eigenvalue weighted by Gasteiger charge is -2.03. The van der Waals surface area contributed by atoms with E-state index in [9.17, 15) is 15.0 Å². The van der Waals surface area contributed by atoms with Gasteiger partial charge in [0.05, 0.1) is 12.7 Å². The summed E-state index contributed by atoms with van der Waals surface area (Å²) in [5.41, 5.74) is 1.48. The van der Waals surface area contributed by atoms with Crippen molar-refractivity contribution in [2.75, 3.05) is 7.11 Å². The predicted octanol–water partition coefficient (Wildman–Crippen LogP) is 3.09. The minimum Gasteiger partial charge on any atom is -0.508 e. The number of rotatable bonds is 3. The molecule has 23 heavy (non-hydrogen) atoms. The summed E-state index contributed by atoms with van der Waals surface area (Å²) in [6.07, 6.45) is 3.12. The molecular formula is C18H14O5. The van der Waals surface area contributed by atoms with Crippen molar-refractivity contribution in [1.29, 1.82) is 0 Å². The van der Waals surface area contributed by atoms with Crippen LogP contribution in [0.5, 0.6) is 17.2 Å². The molecule has 0 spiro atoms. The van der Waals surface area contributed by atoms with Crippen molar-refractivity contribution in [2.45, 2.75) is 0 Å². The topological polar surface area (TPSA) is 76.0 Å². The molecule has 2 aromatic carbocycles. The number of cyclic esters (lactones) is 1. The van der Waals surface area contributed by atoms with Gasteiger partial charge in [-0.05, 0) is 48.6 Å². The molecule has 2 aromatic rings. The molecule has 0 amide bonds. The van der Waals surface area contributed by atoms with Crippen LogP contribution in [0.3, 0.4) is 0 Å². The van der Waals surface area contributed by atoms with Crippen LogP contribution in [0.15, 0.2) is 54.1 Å². The number of carbonyl (C=O) groups is 1. The Bertz CT molecular complexity index is 816. The first-order valence-electron chi connectivity index (χ1n) is 6.89. The Balaban J connectivity index is 1.92. The molecule has 0 atom stereocenters. The third kappa shape index (κ3) is 3.03. The monoisotopic (exact) mass is 310 g/mol. The molecule has 5 nitrogen and oxygen atoms in total. The summed E-state index contributed by atoms with van der Waals surface area (Å²) in [4.78, 5) is 12.0. The largest absolute Gasteiger partial charge is 0.508 e. The Morgan fingerprint density at radius 3 is 2.48 bits per heavy atom. The summed E-state index contributed by atoms with van der Waals surface area (Å²) in [6.45, 7) is 0. The van der Waals surface area contributed by atoms with Crippen LogP contribution in [0, 0.1) is 0 Å².